The Kier molecular flexibility index (Phi) is 4.54. The number of benzene rings is 1. The lowest BCUT2D eigenvalue weighted by Gasteiger charge is -2.05. The average molecular weight is 362 g/mol. The van der Waals surface area contributed by atoms with Crippen LogP contribution in [-0.4, -0.2) is 8.42 Å². The monoisotopic (exact) mass is 360 g/mol. The van der Waals surface area contributed by atoms with Crippen molar-refractivity contribution in [3.05, 3.63) is 29.3 Å². The first-order valence-electron chi connectivity index (χ1n) is 3.83. The highest BCUT2D eigenvalue weighted by atomic mass is 79.9. The first-order valence-corrected chi connectivity index (χ1v) is 7.38. The van der Waals surface area contributed by atoms with Gasteiger partial charge in [0.05, 0.1) is 0 Å². The van der Waals surface area contributed by atoms with Crippen molar-refractivity contribution in [1.29, 1.82) is 0 Å². The minimum absolute atomic E-state index is 0.0242. The van der Waals surface area contributed by atoms with Gasteiger partial charge in [0.1, 0.15) is 5.75 Å². The maximum absolute atomic E-state index is 12.3. The molecule has 84 valence electrons. The zero-order valence-corrected chi connectivity index (χ0v) is 11.4. The molecule has 0 radical (unpaired) electrons. The first-order chi connectivity index (χ1) is 6.94. The molecule has 0 amide bonds. The molecule has 0 aliphatic heterocycles. The highest BCUT2D eigenvalue weighted by molar-refractivity contribution is 9.08. The van der Waals surface area contributed by atoms with Crippen LogP contribution in [0.4, 0.5) is 3.89 Å². The smallest absolute Gasteiger partial charge is 0.358 e. The summed E-state index contributed by atoms with van der Waals surface area (Å²) in [6, 6.07) is 4.76. The van der Waals surface area contributed by atoms with E-state index in [-0.39, 0.29) is 5.75 Å². The molecule has 0 heterocycles. The first kappa shape index (κ1) is 12.9. The Morgan fingerprint density at radius 2 is 1.60 bits per heavy atom. The van der Waals surface area contributed by atoms with E-state index in [9.17, 15) is 12.3 Å². The molecule has 0 saturated heterocycles. The van der Waals surface area contributed by atoms with E-state index in [4.69, 9.17) is 0 Å². The van der Waals surface area contributed by atoms with Gasteiger partial charge in [-0.1, -0.05) is 41.8 Å². The van der Waals surface area contributed by atoms with Gasteiger partial charge in [-0.2, -0.15) is 8.42 Å². The van der Waals surface area contributed by atoms with Crippen molar-refractivity contribution in [2.24, 2.45) is 0 Å². The summed E-state index contributed by atoms with van der Waals surface area (Å²) in [4.78, 5) is 0. The van der Waals surface area contributed by atoms with Crippen LogP contribution < -0.4 is 4.18 Å². The third kappa shape index (κ3) is 4.48. The summed E-state index contributed by atoms with van der Waals surface area (Å²) in [5.41, 5.74) is 1.62. The molecule has 0 spiro atoms. The Morgan fingerprint density at radius 1 is 1.13 bits per heavy atom. The van der Waals surface area contributed by atoms with Crippen molar-refractivity contribution >= 4 is 42.4 Å². The van der Waals surface area contributed by atoms with E-state index in [1.165, 1.54) is 12.1 Å². The van der Waals surface area contributed by atoms with Crippen LogP contribution in [-0.2, 0) is 21.2 Å². The van der Waals surface area contributed by atoms with E-state index in [2.05, 4.69) is 36.0 Å². The summed E-state index contributed by atoms with van der Waals surface area (Å²) in [7, 11) is -4.96. The summed E-state index contributed by atoms with van der Waals surface area (Å²) in [6.45, 7) is 0. The summed E-state index contributed by atoms with van der Waals surface area (Å²) < 4.78 is 37.0. The highest BCUT2D eigenvalue weighted by Gasteiger charge is 2.10. The van der Waals surface area contributed by atoms with E-state index in [0.717, 1.165) is 11.1 Å². The molecule has 0 bridgehead atoms. The predicted octanol–water partition coefficient (Wildman–Crippen LogP) is 3.07. The Balaban J connectivity index is 3.07. The lowest BCUT2D eigenvalue weighted by molar-refractivity contribution is 0.440. The van der Waals surface area contributed by atoms with Crippen LogP contribution in [0.2, 0.25) is 0 Å². The number of hydrogen-bond donors (Lipinski definition) is 0. The number of alkyl halides is 2. The molecule has 0 aromatic heterocycles. The van der Waals surface area contributed by atoms with Gasteiger partial charge in [0, 0.05) is 10.7 Å². The minimum Gasteiger partial charge on any atom is -0.358 e. The average Bonchev–Trinajstić information content (AvgIpc) is 2.14. The van der Waals surface area contributed by atoms with Gasteiger partial charge in [0.15, 0.2) is 0 Å². The minimum atomic E-state index is -4.96. The molecule has 1 rings (SSSR count). The zero-order chi connectivity index (χ0) is 11.5. The number of halogens is 3. The van der Waals surface area contributed by atoms with E-state index in [0.29, 0.717) is 10.7 Å². The summed E-state index contributed by atoms with van der Waals surface area (Å²) >= 11 is 6.44. The van der Waals surface area contributed by atoms with Crippen LogP contribution in [0.5, 0.6) is 5.75 Å². The fourth-order valence-corrected chi connectivity index (χ4v) is 2.02. The van der Waals surface area contributed by atoms with Crippen molar-refractivity contribution in [2.75, 3.05) is 0 Å². The second-order valence-electron chi connectivity index (χ2n) is 2.73. The Morgan fingerprint density at radius 3 is 1.93 bits per heavy atom. The van der Waals surface area contributed by atoms with Crippen molar-refractivity contribution in [1.82, 2.24) is 0 Å². The molecule has 0 saturated carbocycles. The van der Waals surface area contributed by atoms with Gasteiger partial charge in [-0.05, 0) is 23.3 Å². The summed E-state index contributed by atoms with van der Waals surface area (Å²) in [5, 5.41) is 1.08. The molecule has 15 heavy (non-hydrogen) atoms. The highest BCUT2D eigenvalue weighted by Crippen LogP contribution is 2.22. The maximum atomic E-state index is 12.3. The van der Waals surface area contributed by atoms with Crippen molar-refractivity contribution in [2.45, 2.75) is 10.7 Å². The topological polar surface area (TPSA) is 43.4 Å². The van der Waals surface area contributed by atoms with Crippen LogP contribution in [0.15, 0.2) is 18.2 Å². The molecule has 3 nitrogen and oxygen atoms in total. The molecular weight excluding hydrogens is 355 g/mol. The van der Waals surface area contributed by atoms with Crippen LogP contribution >= 0.6 is 31.9 Å². The Labute approximate surface area is 104 Å². The fourth-order valence-electron chi connectivity index (χ4n) is 1.05. The van der Waals surface area contributed by atoms with Gasteiger partial charge in [-0.15, -0.1) is 0 Å². The molecule has 0 atom stereocenters. The Hall–Kier alpha value is -0.140. The summed E-state index contributed by atoms with van der Waals surface area (Å²) in [5.74, 6) is -0.0242. The Bertz CT molecular complexity index is 425. The third-order valence-electron chi connectivity index (χ3n) is 1.53. The van der Waals surface area contributed by atoms with E-state index in [1.54, 1.807) is 0 Å². The van der Waals surface area contributed by atoms with Crippen LogP contribution in [0.3, 0.4) is 0 Å². The molecule has 7 heteroatoms. The zero-order valence-electron chi connectivity index (χ0n) is 7.41. The lowest BCUT2D eigenvalue weighted by atomic mass is 10.1. The molecule has 0 fully saturated rings. The van der Waals surface area contributed by atoms with Crippen molar-refractivity contribution < 1.29 is 16.5 Å². The van der Waals surface area contributed by atoms with Gasteiger partial charge in [0.25, 0.3) is 0 Å². The van der Waals surface area contributed by atoms with Gasteiger partial charge in [0.2, 0.25) is 0 Å². The molecule has 0 unspecified atom stereocenters. The van der Waals surface area contributed by atoms with Gasteiger partial charge in [-0.3, -0.25) is 0 Å². The van der Waals surface area contributed by atoms with E-state index < -0.39 is 10.5 Å². The van der Waals surface area contributed by atoms with Crippen LogP contribution in [0.25, 0.3) is 0 Å². The SMILES string of the molecule is O=S(=O)(F)Oc1cc(CBr)cc(CBr)c1. The van der Waals surface area contributed by atoms with Gasteiger partial charge in [-0.25, -0.2) is 0 Å². The van der Waals surface area contributed by atoms with Crippen LogP contribution in [0, 0.1) is 0 Å². The summed E-state index contributed by atoms with van der Waals surface area (Å²) in [6.07, 6.45) is 0. The second kappa shape index (κ2) is 5.27. The van der Waals surface area contributed by atoms with E-state index >= 15 is 0 Å². The quantitative estimate of drug-likeness (QED) is 0.611. The normalized spacial score (nSPS) is 11.4. The number of hydrogen-bond acceptors (Lipinski definition) is 3. The number of rotatable bonds is 4. The maximum Gasteiger partial charge on any atom is 0.488 e. The van der Waals surface area contributed by atoms with Gasteiger partial charge < -0.3 is 4.18 Å². The molecule has 0 aliphatic rings. The predicted molar refractivity (Wildman–Crippen MR) is 62.4 cm³/mol. The largest absolute Gasteiger partial charge is 0.488 e. The molecule has 1 aromatic rings. The van der Waals surface area contributed by atoms with Crippen molar-refractivity contribution in [3.63, 3.8) is 0 Å². The molecule has 0 N–H and O–H groups in total. The fraction of sp³-hybridized carbons (Fsp3) is 0.250. The second-order valence-corrected chi connectivity index (χ2v) is 4.80. The van der Waals surface area contributed by atoms with Crippen molar-refractivity contribution in [3.8, 4) is 5.75 Å². The van der Waals surface area contributed by atoms with Crippen LogP contribution in [0.1, 0.15) is 11.1 Å². The molecule has 1 aromatic carbocycles. The molecule has 0 aliphatic carbocycles. The third-order valence-corrected chi connectivity index (χ3v) is 3.22. The van der Waals surface area contributed by atoms with E-state index in [1.807, 2.05) is 6.07 Å². The lowest BCUT2D eigenvalue weighted by Crippen LogP contribution is -2.02. The van der Waals surface area contributed by atoms with Gasteiger partial charge >= 0.3 is 10.5 Å². The standard InChI is InChI=1S/C8H7Br2FO3S/c9-4-6-1-7(5-10)3-8(2-6)14-15(11,12)13/h1-3H,4-5H2. The molecular formula is C8H7Br2FO3S.